The van der Waals surface area contributed by atoms with Gasteiger partial charge in [-0.3, -0.25) is 0 Å². The fraction of sp³-hybridized carbons (Fsp3) is 0.421. The molecule has 0 aliphatic rings. The van der Waals surface area contributed by atoms with Crippen LogP contribution in [0.15, 0.2) is 29.0 Å². The highest BCUT2D eigenvalue weighted by Gasteiger charge is 2.38. The molecular weight excluding hydrogens is 371 g/mol. The molecule has 0 saturated heterocycles. The average Bonchev–Trinajstić information content (AvgIpc) is 3.30. The van der Waals surface area contributed by atoms with Crippen LogP contribution in [0, 0.1) is 0 Å². The summed E-state index contributed by atoms with van der Waals surface area (Å²) in [6.45, 7) is 8.22. The molecule has 0 bridgehead atoms. The summed E-state index contributed by atoms with van der Waals surface area (Å²) in [4.78, 5) is 10.1. The van der Waals surface area contributed by atoms with Crippen LogP contribution >= 0.6 is 0 Å². The molecule has 0 N–H and O–H groups in total. The first-order valence-corrected chi connectivity index (χ1v) is 9.17. The van der Waals surface area contributed by atoms with E-state index >= 15 is 0 Å². The van der Waals surface area contributed by atoms with Gasteiger partial charge in [0, 0.05) is 13.1 Å². The van der Waals surface area contributed by atoms with Gasteiger partial charge >= 0.3 is 12.1 Å². The first-order valence-electron chi connectivity index (χ1n) is 9.17. The maximum absolute atomic E-state index is 12.5. The number of aromatic nitrogens is 4. The molecule has 150 valence electrons. The third-order valence-corrected chi connectivity index (χ3v) is 4.40. The smallest absolute Gasteiger partial charge is 0.329 e. The van der Waals surface area contributed by atoms with Gasteiger partial charge in [-0.2, -0.15) is 18.2 Å². The number of imidazole rings is 1. The van der Waals surface area contributed by atoms with Crippen LogP contribution in [-0.2, 0) is 12.7 Å². The number of nitrogens with zero attached hydrogens (tertiary/aromatic N) is 5. The van der Waals surface area contributed by atoms with Crippen LogP contribution in [0.25, 0.3) is 23.2 Å². The average molecular weight is 393 g/mol. The molecule has 28 heavy (non-hydrogen) atoms. The summed E-state index contributed by atoms with van der Waals surface area (Å²) in [6, 6.07) is 5.71. The van der Waals surface area contributed by atoms with Crippen molar-refractivity contribution in [1.29, 1.82) is 0 Å². The Morgan fingerprint density at radius 2 is 2.00 bits per heavy atom. The van der Waals surface area contributed by atoms with Crippen LogP contribution in [0.2, 0.25) is 0 Å². The van der Waals surface area contributed by atoms with Crippen LogP contribution < -0.4 is 0 Å². The quantitative estimate of drug-likeness (QED) is 0.570. The summed E-state index contributed by atoms with van der Waals surface area (Å²) in [5, 5.41) is 3.31. The van der Waals surface area contributed by atoms with E-state index in [1.807, 2.05) is 24.5 Å². The monoisotopic (exact) mass is 393 g/mol. The molecule has 1 aromatic carbocycles. The van der Waals surface area contributed by atoms with Gasteiger partial charge in [0.05, 0.1) is 17.4 Å². The Balaban J connectivity index is 1.70. The fourth-order valence-corrected chi connectivity index (χ4v) is 2.94. The number of halogens is 3. The van der Waals surface area contributed by atoms with Crippen molar-refractivity contribution in [3.05, 3.63) is 41.8 Å². The Kier molecular flexibility index (Phi) is 6.13. The number of hydrogen-bond acceptors (Lipinski definition) is 5. The maximum Gasteiger partial charge on any atom is 0.471 e. The van der Waals surface area contributed by atoms with E-state index in [9.17, 15) is 13.2 Å². The van der Waals surface area contributed by atoms with Gasteiger partial charge in [-0.25, -0.2) is 4.98 Å². The number of likely N-dealkylation sites (N-methyl/N-ethyl adjacent to an activating group) is 1. The molecule has 0 aliphatic carbocycles. The highest BCUT2D eigenvalue weighted by atomic mass is 19.4. The minimum absolute atomic E-state index is 0.131. The fourth-order valence-electron chi connectivity index (χ4n) is 2.94. The Morgan fingerprint density at radius 3 is 2.68 bits per heavy atom. The number of benzene rings is 1. The van der Waals surface area contributed by atoms with E-state index in [4.69, 9.17) is 0 Å². The lowest BCUT2D eigenvalue weighted by Gasteiger charge is -2.19. The van der Waals surface area contributed by atoms with E-state index in [1.54, 1.807) is 6.08 Å². The Bertz CT molecular complexity index is 945. The molecule has 0 amide bonds. The summed E-state index contributed by atoms with van der Waals surface area (Å²) in [5.74, 6) is -1.49. The van der Waals surface area contributed by atoms with Gasteiger partial charge in [0.15, 0.2) is 5.82 Å². The van der Waals surface area contributed by atoms with Crippen molar-refractivity contribution in [1.82, 2.24) is 24.6 Å². The molecule has 6 nitrogen and oxygen atoms in total. The first-order chi connectivity index (χ1) is 13.4. The van der Waals surface area contributed by atoms with Crippen molar-refractivity contribution in [3.63, 3.8) is 0 Å². The SMILES string of the molecule is CCCN(CC)CCn1cnc2cc(/C=C/c3noc(C(F)(F)F)n3)ccc21. The van der Waals surface area contributed by atoms with Gasteiger partial charge in [-0.05, 0) is 43.3 Å². The predicted molar refractivity (Wildman–Crippen MR) is 100 cm³/mol. The lowest BCUT2D eigenvalue weighted by atomic mass is 10.2. The van der Waals surface area contributed by atoms with Crippen molar-refractivity contribution in [2.75, 3.05) is 19.6 Å². The number of fused-ring (bicyclic) bond motifs is 1. The molecular formula is C19H22F3N5O. The standard InChI is InChI=1S/C19H22F3N5O/c1-3-9-26(4-2)10-11-27-13-23-15-12-14(5-7-16(15)27)6-8-17-24-18(28-25-17)19(20,21)22/h5-8,12-13H,3-4,9-11H2,1-2H3/b8-6+. The molecule has 9 heteroatoms. The van der Waals surface area contributed by atoms with Crippen molar-refractivity contribution in [3.8, 4) is 0 Å². The minimum Gasteiger partial charge on any atom is -0.329 e. The number of hydrogen-bond donors (Lipinski definition) is 0. The van der Waals surface area contributed by atoms with Gasteiger partial charge in [-0.1, -0.05) is 31.1 Å². The minimum atomic E-state index is -4.64. The molecule has 3 rings (SSSR count). The van der Waals surface area contributed by atoms with E-state index in [2.05, 4.69) is 43.0 Å². The van der Waals surface area contributed by atoms with Crippen molar-refractivity contribution in [2.45, 2.75) is 33.0 Å². The van der Waals surface area contributed by atoms with E-state index < -0.39 is 12.1 Å². The second-order valence-corrected chi connectivity index (χ2v) is 6.41. The van der Waals surface area contributed by atoms with Gasteiger partial charge in [0.25, 0.3) is 0 Å². The third-order valence-electron chi connectivity index (χ3n) is 4.40. The molecule has 0 spiro atoms. The van der Waals surface area contributed by atoms with Crippen LogP contribution in [0.4, 0.5) is 13.2 Å². The lowest BCUT2D eigenvalue weighted by Crippen LogP contribution is -2.27. The van der Waals surface area contributed by atoms with Crippen molar-refractivity contribution >= 4 is 23.2 Å². The van der Waals surface area contributed by atoms with Gasteiger partial charge in [0.2, 0.25) is 0 Å². The third kappa shape index (κ3) is 4.78. The van der Waals surface area contributed by atoms with Crippen LogP contribution in [0.5, 0.6) is 0 Å². The van der Waals surface area contributed by atoms with E-state index in [0.29, 0.717) is 0 Å². The summed E-state index contributed by atoms with van der Waals surface area (Å²) in [5.41, 5.74) is 2.63. The molecule has 0 aliphatic heterocycles. The van der Waals surface area contributed by atoms with E-state index in [0.717, 1.165) is 49.2 Å². The predicted octanol–water partition coefficient (Wildman–Crippen LogP) is 4.34. The lowest BCUT2D eigenvalue weighted by molar-refractivity contribution is -0.159. The number of alkyl halides is 3. The van der Waals surface area contributed by atoms with Crippen molar-refractivity contribution < 1.29 is 17.7 Å². The summed E-state index contributed by atoms with van der Waals surface area (Å²) >= 11 is 0. The summed E-state index contributed by atoms with van der Waals surface area (Å²) in [6.07, 6.45) is 1.30. The van der Waals surface area contributed by atoms with Gasteiger partial charge in [-0.15, -0.1) is 0 Å². The zero-order valence-electron chi connectivity index (χ0n) is 15.8. The maximum atomic E-state index is 12.5. The topological polar surface area (TPSA) is 60.0 Å². The summed E-state index contributed by atoms with van der Waals surface area (Å²) in [7, 11) is 0. The second kappa shape index (κ2) is 8.55. The molecule has 0 atom stereocenters. The zero-order valence-corrected chi connectivity index (χ0v) is 15.8. The van der Waals surface area contributed by atoms with Crippen LogP contribution in [0.3, 0.4) is 0 Å². The molecule has 3 aromatic rings. The van der Waals surface area contributed by atoms with Crippen molar-refractivity contribution in [2.24, 2.45) is 0 Å². The van der Waals surface area contributed by atoms with E-state index in [1.165, 1.54) is 6.08 Å². The molecule has 2 heterocycles. The Labute approximate surface area is 160 Å². The van der Waals surface area contributed by atoms with Gasteiger partial charge < -0.3 is 14.0 Å². The number of rotatable bonds is 8. The normalized spacial score (nSPS) is 12.6. The molecule has 0 saturated carbocycles. The molecule has 0 unspecified atom stereocenters. The zero-order chi connectivity index (χ0) is 20.1. The second-order valence-electron chi connectivity index (χ2n) is 6.41. The summed E-state index contributed by atoms with van der Waals surface area (Å²) < 4.78 is 43.8. The van der Waals surface area contributed by atoms with Crippen LogP contribution in [-0.4, -0.2) is 44.2 Å². The largest absolute Gasteiger partial charge is 0.471 e. The molecule has 2 aromatic heterocycles. The van der Waals surface area contributed by atoms with E-state index in [-0.39, 0.29) is 5.82 Å². The highest BCUT2D eigenvalue weighted by Crippen LogP contribution is 2.27. The molecule has 0 fully saturated rings. The van der Waals surface area contributed by atoms with Gasteiger partial charge in [0.1, 0.15) is 0 Å². The Hall–Kier alpha value is -2.68. The van der Waals surface area contributed by atoms with Crippen LogP contribution in [0.1, 0.15) is 37.5 Å². The highest BCUT2D eigenvalue weighted by molar-refractivity contribution is 5.80. The Morgan fingerprint density at radius 1 is 1.18 bits per heavy atom. The first kappa shape index (κ1) is 20.1. The molecule has 0 radical (unpaired) electrons.